The van der Waals surface area contributed by atoms with E-state index < -0.39 is 5.54 Å². The zero-order chi connectivity index (χ0) is 15.6. The Bertz CT molecular complexity index is 270. The fourth-order valence-corrected chi connectivity index (χ4v) is 2.07. The van der Waals surface area contributed by atoms with Gasteiger partial charge in [0.05, 0.1) is 13.2 Å². The molecule has 0 spiro atoms. The molecule has 0 aromatic carbocycles. The molecule has 120 valence electrons. The minimum Gasteiger partial charge on any atom is -0.465 e. The molecule has 0 heterocycles. The first-order valence-electron chi connectivity index (χ1n) is 7.58. The maximum absolute atomic E-state index is 11.7. The lowest BCUT2D eigenvalue weighted by Gasteiger charge is -2.29. The Labute approximate surface area is 123 Å². The molecule has 0 aliphatic heterocycles. The van der Waals surface area contributed by atoms with Gasteiger partial charge in [0.25, 0.3) is 0 Å². The van der Waals surface area contributed by atoms with Crippen LogP contribution in [0, 0.1) is 0 Å². The summed E-state index contributed by atoms with van der Waals surface area (Å²) < 4.78 is 10.1. The minimum atomic E-state index is -0.890. The average molecular weight is 288 g/mol. The van der Waals surface area contributed by atoms with Crippen LogP contribution in [-0.4, -0.2) is 55.9 Å². The molecule has 0 saturated carbocycles. The molecular formula is C15H32N2O3. The normalized spacial score (nSPS) is 15.9. The lowest BCUT2D eigenvalue weighted by molar-refractivity contribution is -0.149. The van der Waals surface area contributed by atoms with Crippen molar-refractivity contribution in [3.63, 3.8) is 0 Å². The number of rotatable bonds is 11. The van der Waals surface area contributed by atoms with Crippen LogP contribution in [0.3, 0.4) is 0 Å². The molecule has 5 nitrogen and oxygen atoms in total. The number of esters is 1. The summed E-state index contributed by atoms with van der Waals surface area (Å²) >= 11 is 0. The standard InChI is InChI=1S/C15H32N2O3/c1-6-13(3)17(11-12-19-5)10-8-9-15(4,16)14(18)20-7-2/h13H,6-12,16H2,1-5H3. The summed E-state index contributed by atoms with van der Waals surface area (Å²) in [6, 6.07) is 0.511. The lowest BCUT2D eigenvalue weighted by atomic mass is 9.97. The summed E-state index contributed by atoms with van der Waals surface area (Å²) in [5.41, 5.74) is 5.13. The van der Waals surface area contributed by atoms with Crippen LogP contribution in [0.15, 0.2) is 0 Å². The van der Waals surface area contributed by atoms with Gasteiger partial charge in [0, 0.05) is 19.7 Å². The SMILES string of the molecule is CCOC(=O)C(C)(N)CCCN(CCOC)C(C)CC. The lowest BCUT2D eigenvalue weighted by Crippen LogP contribution is -2.47. The largest absolute Gasteiger partial charge is 0.465 e. The number of carbonyl (C=O) groups excluding carboxylic acids is 1. The Morgan fingerprint density at radius 3 is 2.50 bits per heavy atom. The molecular weight excluding hydrogens is 256 g/mol. The summed E-state index contributed by atoms with van der Waals surface area (Å²) in [5.74, 6) is -0.313. The van der Waals surface area contributed by atoms with Crippen LogP contribution in [-0.2, 0) is 14.3 Å². The van der Waals surface area contributed by atoms with Gasteiger partial charge in [0.2, 0.25) is 0 Å². The van der Waals surface area contributed by atoms with Crippen LogP contribution in [0.2, 0.25) is 0 Å². The maximum Gasteiger partial charge on any atom is 0.325 e. The molecule has 0 fully saturated rings. The Morgan fingerprint density at radius 1 is 1.35 bits per heavy atom. The fourth-order valence-electron chi connectivity index (χ4n) is 2.07. The van der Waals surface area contributed by atoms with Crippen molar-refractivity contribution in [2.24, 2.45) is 5.73 Å². The number of hydrogen-bond donors (Lipinski definition) is 1. The van der Waals surface area contributed by atoms with E-state index in [0.29, 0.717) is 19.1 Å². The summed E-state index contributed by atoms with van der Waals surface area (Å²) in [6.45, 7) is 10.9. The topological polar surface area (TPSA) is 64.8 Å². The molecule has 0 saturated heterocycles. The third-order valence-corrected chi connectivity index (χ3v) is 3.68. The highest BCUT2D eigenvalue weighted by Crippen LogP contribution is 2.13. The first-order chi connectivity index (χ1) is 9.38. The number of carbonyl (C=O) groups is 1. The minimum absolute atomic E-state index is 0.313. The van der Waals surface area contributed by atoms with E-state index in [4.69, 9.17) is 15.2 Å². The Hall–Kier alpha value is -0.650. The molecule has 0 radical (unpaired) electrons. The third-order valence-electron chi connectivity index (χ3n) is 3.68. The molecule has 2 N–H and O–H groups in total. The highest BCUT2D eigenvalue weighted by Gasteiger charge is 2.29. The van der Waals surface area contributed by atoms with Crippen LogP contribution in [0.25, 0.3) is 0 Å². The van der Waals surface area contributed by atoms with Crippen LogP contribution < -0.4 is 5.73 Å². The smallest absolute Gasteiger partial charge is 0.325 e. The Balaban J connectivity index is 4.24. The van der Waals surface area contributed by atoms with Gasteiger partial charge in [-0.2, -0.15) is 0 Å². The summed E-state index contributed by atoms with van der Waals surface area (Å²) in [6.07, 6.45) is 2.60. The van der Waals surface area contributed by atoms with Gasteiger partial charge in [-0.15, -0.1) is 0 Å². The highest BCUT2D eigenvalue weighted by atomic mass is 16.5. The van der Waals surface area contributed by atoms with Crippen LogP contribution in [0.4, 0.5) is 0 Å². The fraction of sp³-hybridized carbons (Fsp3) is 0.933. The summed E-state index contributed by atoms with van der Waals surface area (Å²) in [5, 5.41) is 0. The monoisotopic (exact) mass is 288 g/mol. The molecule has 0 bridgehead atoms. The first kappa shape index (κ1) is 19.4. The third kappa shape index (κ3) is 7.22. The number of hydrogen-bond acceptors (Lipinski definition) is 5. The van der Waals surface area contributed by atoms with Gasteiger partial charge in [-0.25, -0.2) is 0 Å². The molecule has 0 aliphatic rings. The number of methoxy groups -OCH3 is 1. The average Bonchev–Trinajstić information content (AvgIpc) is 2.41. The van der Waals surface area contributed by atoms with Crippen LogP contribution >= 0.6 is 0 Å². The molecule has 0 aromatic rings. The van der Waals surface area contributed by atoms with Gasteiger partial charge in [-0.3, -0.25) is 9.69 Å². The molecule has 0 amide bonds. The second-order valence-corrected chi connectivity index (χ2v) is 5.53. The van der Waals surface area contributed by atoms with Gasteiger partial charge in [0.15, 0.2) is 0 Å². The van der Waals surface area contributed by atoms with E-state index in [2.05, 4.69) is 18.7 Å². The maximum atomic E-state index is 11.7. The van der Waals surface area contributed by atoms with Crippen LogP contribution in [0.5, 0.6) is 0 Å². The van der Waals surface area contributed by atoms with E-state index >= 15 is 0 Å². The van der Waals surface area contributed by atoms with Gasteiger partial charge < -0.3 is 15.2 Å². The number of ether oxygens (including phenoxy) is 2. The van der Waals surface area contributed by atoms with Crippen molar-refractivity contribution in [1.82, 2.24) is 4.90 Å². The van der Waals surface area contributed by atoms with Gasteiger partial charge in [0.1, 0.15) is 5.54 Å². The number of nitrogens with two attached hydrogens (primary N) is 1. The van der Waals surface area contributed by atoms with Crippen molar-refractivity contribution in [2.45, 2.75) is 58.5 Å². The van der Waals surface area contributed by atoms with Crippen molar-refractivity contribution in [3.05, 3.63) is 0 Å². The molecule has 20 heavy (non-hydrogen) atoms. The van der Waals surface area contributed by atoms with Gasteiger partial charge in [-0.1, -0.05) is 6.92 Å². The summed E-state index contributed by atoms with van der Waals surface area (Å²) in [7, 11) is 1.71. The molecule has 2 unspecified atom stereocenters. The molecule has 5 heteroatoms. The van der Waals surface area contributed by atoms with Gasteiger partial charge in [-0.05, 0) is 46.6 Å². The number of nitrogens with zero attached hydrogens (tertiary/aromatic N) is 1. The quantitative estimate of drug-likeness (QED) is 0.587. The van der Waals surface area contributed by atoms with Crippen molar-refractivity contribution in [1.29, 1.82) is 0 Å². The highest BCUT2D eigenvalue weighted by molar-refractivity contribution is 5.79. The van der Waals surface area contributed by atoms with Crippen molar-refractivity contribution >= 4 is 5.97 Å². The molecule has 0 aliphatic carbocycles. The second kappa shape index (κ2) is 10.1. The zero-order valence-corrected chi connectivity index (χ0v) is 13.8. The van der Waals surface area contributed by atoms with Crippen LogP contribution in [0.1, 0.15) is 47.0 Å². The van der Waals surface area contributed by atoms with E-state index in [-0.39, 0.29) is 5.97 Å². The molecule has 0 rings (SSSR count). The predicted molar refractivity (Wildman–Crippen MR) is 81.7 cm³/mol. The Morgan fingerprint density at radius 2 is 2.00 bits per heavy atom. The van der Waals surface area contributed by atoms with E-state index in [1.54, 1.807) is 21.0 Å². The Kier molecular flexibility index (Phi) is 9.80. The first-order valence-corrected chi connectivity index (χ1v) is 7.58. The second-order valence-electron chi connectivity index (χ2n) is 5.53. The van der Waals surface area contributed by atoms with Crippen molar-refractivity contribution in [2.75, 3.05) is 33.4 Å². The van der Waals surface area contributed by atoms with Gasteiger partial charge >= 0.3 is 5.97 Å². The van der Waals surface area contributed by atoms with E-state index in [9.17, 15) is 4.79 Å². The summed E-state index contributed by atoms with van der Waals surface area (Å²) in [4.78, 5) is 14.1. The van der Waals surface area contributed by atoms with E-state index in [0.717, 1.165) is 32.5 Å². The van der Waals surface area contributed by atoms with Crippen molar-refractivity contribution in [3.8, 4) is 0 Å². The molecule has 0 aromatic heterocycles. The predicted octanol–water partition coefficient (Wildman–Crippen LogP) is 1.79. The van der Waals surface area contributed by atoms with Crippen molar-refractivity contribution < 1.29 is 14.3 Å². The molecule has 2 atom stereocenters. The van der Waals surface area contributed by atoms with E-state index in [1.807, 2.05) is 0 Å². The zero-order valence-electron chi connectivity index (χ0n) is 13.8. The van der Waals surface area contributed by atoms with E-state index in [1.165, 1.54) is 0 Å².